The number of H-pyrrole nitrogens is 1. The van der Waals surface area contributed by atoms with Crippen molar-refractivity contribution in [2.45, 2.75) is 85.2 Å². The molecule has 2 amide bonds. The average molecular weight is 848 g/mol. The third-order valence-electron chi connectivity index (χ3n) is 11.6. The second kappa shape index (κ2) is 29.6. The zero-order valence-corrected chi connectivity index (χ0v) is 38.7. The Hall–Kier alpha value is -4.63. The Bertz CT molecular complexity index is 1710. The number of aryl methyl sites for hydroxylation is 1. The Morgan fingerprint density at radius 2 is 1.57 bits per heavy atom. The second-order valence-electron chi connectivity index (χ2n) is 15.9. The molecule has 4 N–H and O–H groups in total. The van der Waals surface area contributed by atoms with Crippen molar-refractivity contribution in [3.05, 3.63) is 64.9 Å². The van der Waals surface area contributed by atoms with Gasteiger partial charge < -0.3 is 40.1 Å². The number of nitrogens with one attached hydrogen (secondary N) is 3. The number of likely N-dealkylation sites (tertiary alicyclic amines) is 2. The highest BCUT2D eigenvalue weighted by Gasteiger charge is 2.27. The number of aromatic amines is 1. The Labute approximate surface area is 366 Å². The lowest BCUT2D eigenvalue weighted by Crippen LogP contribution is -2.51. The van der Waals surface area contributed by atoms with Gasteiger partial charge in [0.05, 0.1) is 17.8 Å². The van der Waals surface area contributed by atoms with Crippen molar-refractivity contribution in [2.75, 3.05) is 99.0 Å². The number of piperazine rings is 1. The highest BCUT2D eigenvalue weighted by molar-refractivity contribution is 5.85. The average Bonchev–Trinajstić information content (AvgIpc) is 3.77. The first-order valence-electron chi connectivity index (χ1n) is 22.2. The lowest BCUT2D eigenvalue weighted by molar-refractivity contribution is -0.123. The van der Waals surface area contributed by atoms with Gasteiger partial charge in [0.2, 0.25) is 0 Å². The molecule has 1 atom stereocenters. The van der Waals surface area contributed by atoms with E-state index >= 15 is 0 Å². The molecule has 14 nitrogen and oxygen atoms in total. The molecular formula is C47H77N9O5. The number of rotatable bonds is 12. The van der Waals surface area contributed by atoms with E-state index in [4.69, 9.17) is 9.90 Å². The predicted octanol–water partition coefficient (Wildman–Crippen LogP) is 6.13. The number of carboxylic acid groups (broad SMARTS) is 1. The lowest BCUT2D eigenvalue weighted by atomic mass is 9.88. The van der Waals surface area contributed by atoms with Crippen LogP contribution in [0.15, 0.2) is 48.2 Å². The summed E-state index contributed by atoms with van der Waals surface area (Å²) in [6.07, 6.45) is 11.2. The normalized spacial score (nSPS) is 17.2. The van der Waals surface area contributed by atoms with Gasteiger partial charge >= 0.3 is 6.03 Å². The Morgan fingerprint density at radius 1 is 0.951 bits per heavy atom. The Balaban J connectivity index is 0.000000402. The van der Waals surface area contributed by atoms with Crippen LogP contribution in [0.5, 0.6) is 0 Å². The number of piperidine rings is 2. The summed E-state index contributed by atoms with van der Waals surface area (Å²) in [5, 5.41) is 20.9. The second-order valence-corrected chi connectivity index (χ2v) is 15.9. The first-order valence-corrected chi connectivity index (χ1v) is 22.2. The maximum Gasteiger partial charge on any atom is 0.317 e. The van der Waals surface area contributed by atoms with Crippen molar-refractivity contribution in [2.24, 2.45) is 5.92 Å². The molecule has 3 aliphatic heterocycles. The number of nitrogens with zero attached hydrogens (tertiary/aromatic N) is 6. The molecule has 0 aliphatic carbocycles. The number of carbonyl (C=O) groups excluding carboxylic acids is 3. The minimum atomic E-state index is -0.618. The number of aromatic nitrogens is 2. The van der Waals surface area contributed by atoms with E-state index in [1.54, 1.807) is 11.1 Å². The summed E-state index contributed by atoms with van der Waals surface area (Å²) < 4.78 is 0. The molecule has 3 fully saturated rings. The standard InChI is InChI=1S/C27H31N5O3.C11H23N3.C6H15N.C2H6.CH2O2/c1-18-11-19(12-22-15-29-31-26(18)22)13-24(17-34)30-27(35)32-9-7-20(8-10-32)23(16-33)14-21-5-3-4-6-25(21)28-2;1-12-5-3-11(4-6-12)14-9-7-13(2)8-10-14;1-4-6-7(3)5-2;1-2;2-1-3/h3-6,11-12,14-17,20,24,28H,7-10,13H2,1-2H3,(H,29,31)(H,30,35);11H,3-10H2,1-2H3;4-6H2,1-3H3;1-2H3;1H,(H,2,3)/b23-14+;;;;. The molecular weight excluding hydrogens is 771 g/mol. The van der Waals surface area contributed by atoms with E-state index in [1.807, 2.05) is 70.3 Å². The molecule has 3 aromatic rings. The van der Waals surface area contributed by atoms with E-state index in [2.05, 4.69) is 75.4 Å². The minimum Gasteiger partial charge on any atom is -0.483 e. The van der Waals surface area contributed by atoms with Crippen LogP contribution in [0.4, 0.5) is 10.5 Å². The van der Waals surface area contributed by atoms with Gasteiger partial charge in [0.1, 0.15) is 12.6 Å². The van der Waals surface area contributed by atoms with Gasteiger partial charge in [-0.2, -0.15) is 5.10 Å². The van der Waals surface area contributed by atoms with Crippen molar-refractivity contribution in [3.8, 4) is 0 Å². The van der Waals surface area contributed by atoms with Gasteiger partial charge in [-0.25, -0.2) is 4.79 Å². The molecule has 1 aromatic heterocycles. The molecule has 4 heterocycles. The molecule has 0 bridgehead atoms. The van der Waals surface area contributed by atoms with Crippen LogP contribution < -0.4 is 10.6 Å². The molecule has 14 heteroatoms. The lowest BCUT2D eigenvalue weighted by Gasteiger charge is -2.41. The molecule has 2 aromatic carbocycles. The number of para-hydroxylation sites is 1. The summed E-state index contributed by atoms with van der Waals surface area (Å²) in [5.41, 5.74) is 5.66. The molecule has 0 saturated carbocycles. The SMILES string of the molecule is CC.CCCN(C)CC.CN1CCC(N2CCN(C)CC2)CC1.CNc1ccccc1/C=C(\C=O)C1CCN(C(=O)NC(C=O)Cc2cc(C)c3[nH]ncc3c2)CC1.O=CO. The van der Waals surface area contributed by atoms with Gasteiger partial charge in [-0.3, -0.25) is 19.6 Å². The van der Waals surface area contributed by atoms with Crippen molar-refractivity contribution >= 4 is 47.7 Å². The summed E-state index contributed by atoms with van der Waals surface area (Å²) in [6, 6.07) is 11.8. The molecule has 6 rings (SSSR count). The Morgan fingerprint density at radius 3 is 2.13 bits per heavy atom. The molecule has 1 unspecified atom stereocenters. The molecule has 61 heavy (non-hydrogen) atoms. The van der Waals surface area contributed by atoms with Gasteiger partial charge in [0, 0.05) is 63.4 Å². The zero-order chi connectivity index (χ0) is 45.2. The smallest absolute Gasteiger partial charge is 0.317 e. The first kappa shape index (κ1) is 52.5. The highest BCUT2D eigenvalue weighted by Crippen LogP contribution is 2.27. The number of aldehydes is 2. The van der Waals surface area contributed by atoms with Crippen LogP contribution in [0, 0.1) is 12.8 Å². The number of amides is 2. The van der Waals surface area contributed by atoms with Crippen LogP contribution in [0.25, 0.3) is 17.0 Å². The maximum absolute atomic E-state index is 12.9. The molecule has 3 aliphatic rings. The number of fused-ring (bicyclic) bond motifs is 1. The summed E-state index contributed by atoms with van der Waals surface area (Å²) in [6.45, 7) is 21.2. The van der Waals surface area contributed by atoms with E-state index in [1.165, 1.54) is 71.6 Å². The van der Waals surface area contributed by atoms with Crippen LogP contribution in [-0.4, -0.2) is 171 Å². The van der Waals surface area contributed by atoms with Crippen LogP contribution in [0.3, 0.4) is 0 Å². The van der Waals surface area contributed by atoms with Crippen LogP contribution in [-0.2, 0) is 20.8 Å². The fourth-order valence-electron chi connectivity index (χ4n) is 7.85. The van der Waals surface area contributed by atoms with Gasteiger partial charge in [-0.1, -0.05) is 52.0 Å². The third kappa shape index (κ3) is 18.1. The van der Waals surface area contributed by atoms with Gasteiger partial charge in [-0.15, -0.1) is 0 Å². The van der Waals surface area contributed by atoms with Crippen molar-refractivity contribution in [3.63, 3.8) is 0 Å². The van der Waals surface area contributed by atoms with E-state index in [-0.39, 0.29) is 18.4 Å². The fraction of sp³-hybridized carbons (Fsp3) is 0.596. The summed E-state index contributed by atoms with van der Waals surface area (Å²) in [5.74, 6) is 0.0907. The molecule has 0 radical (unpaired) electrons. The van der Waals surface area contributed by atoms with Crippen molar-refractivity contribution in [1.82, 2.24) is 40.0 Å². The van der Waals surface area contributed by atoms with Crippen molar-refractivity contribution in [1.29, 1.82) is 0 Å². The number of urea groups is 1. The quantitative estimate of drug-likeness (QED) is 0.123. The van der Waals surface area contributed by atoms with Crippen molar-refractivity contribution < 1.29 is 24.3 Å². The number of likely N-dealkylation sites (N-methyl/N-ethyl adjacent to an activating group) is 1. The van der Waals surface area contributed by atoms with Gasteiger partial charge in [-0.05, 0) is 139 Å². The fourth-order valence-corrected chi connectivity index (χ4v) is 7.85. The van der Waals surface area contributed by atoms with E-state index in [9.17, 15) is 14.4 Å². The molecule has 0 spiro atoms. The first-order chi connectivity index (χ1) is 29.5. The largest absolute Gasteiger partial charge is 0.483 e. The van der Waals surface area contributed by atoms with Gasteiger partial charge in [0.25, 0.3) is 6.47 Å². The number of allylic oxidation sites excluding steroid dienone is 1. The van der Waals surface area contributed by atoms with E-state index < -0.39 is 6.04 Å². The monoisotopic (exact) mass is 848 g/mol. The number of benzene rings is 2. The zero-order valence-electron chi connectivity index (χ0n) is 38.7. The predicted molar refractivity (Wildman–Crippen MR) is 250 cm³/mol. The van der Waals surface area contributed by atoms with Gasteiger partial charge in [0.15, 0.2) is 0 Å². The molecule has 3 saturated heterocycles. The van der Waals surface area contributed by atoms with Crippen LogP contribution >= 0.6 is 0 Å². The summed E-state index contributed by atoms with van der Waals surface area (Å²) >= 11 is 0. The number of hydrogen-bond acceptors (Lipinski definition) is 10. The number of carbonyl (C=O) groups is 4. The maximum atomic E-state index is 12.9. The van der Waals surface area contributed by atoms with Crippen LogP contribution in [0.1, 0.15) is 76.5 Å². The topological polar surface area (TPSA) is 157 Å². The summed E-state index contributed by atoms with van der Waals surface area (Å²) in [7, 11) is 8.46. The molecule has 340 valence electrons. The van der Waals surface area contributed by atoms with E-state index in [0.717, 1.165) is 57.5 Å². The van der Waals surface area contributed by atoms with Crippen LogP contribution in [0.2, 0.25) is 0 Å². The third-order valence-corrected chi connectivity index (χ3v) is 11.6. The minimum absolute atomic E-state index is 0.0907. The number of anilines is 1. The highest BCUT2D eigenvalue weighted by atomic mass is 16.3. The number of hydrogen-bond donors (Lipinski definition) is 4. The summed E-state index contributed by atoms with van der Waals surface area (Å²) in [4.78, 5) is 56.4. The van der Waals surface area contributed by atoms with E-state index in [0.29, 0.717) is 32.4 Å². The Kier molecular flexibility index (Phi) is 25.5.